The van der Waals surface area contributed by atoms with Crippen LogP contribution in [-0.2, 0) is 31.9 Å². The summed E-state index contributed by atoms with van der Waals surface area (Å²) in [7, 11) is 0. The average Bonchev–Trinajstić information content (AvgIpc) is 3.73. The summed E-state index contributed by atoms with van der Waals surface area (Å²) >= 11 is 0. The Kier molecular flexibility index (Phi) is 8.09. The van der Waals surface area contributed by atoms with Gasteiger partial charge in [0.15, 0.2) is 0 Å². The second-order valence-electron chi connectivity index (χ2n) is 17.5. The summed E-state index contributed by atoms with van der Waals surface area (Å²) in [6.07, 6.45) is -0.625. The molecule has 2 aromatic heterocycles. The summed E-state index contributed by atoms with van der Waals surface area (Å²) in [5, 5.41) is 11.6. The zero-order valence-electron chi connectivity index (χ0n) is 48.7. The summed E-state index contributed by atoms with van der Waals surface area (Å²) in [5.74, 6) is 0.284. The van der Waals surface area contributed by atoms with E-state index in [1.165, 1.54) is 0 Å². The molecule has 0 atom stereocenters. The Morgan fingerprint density at radius 3 is 1.98 bits per heavy atom. The van der Waals surface area contributed by atoms with E-state index in [0.717, 1.165) is 16.7 Å². The number of aryl methyl sites for hydroxylation is 1. The first kappa shape index (κ1) is 29.9. The molecule has 9 rings (SSSR count). The van der Waals surface area contributed by atoms with Crippen molar-refractivity contribution in [3.63, 3.8) is 0 Å². The molecule has 0 aliphatic heterocycles. The Balaban J connectivity index is 0.00000765. The number of phenols is 1. The zero-order valence-corrected chi connectivity index (χ0v) is 37.9. The first-order chi connectivity index (χ1) is 35.1. The van der Waals surface area contributed by atoms with Gasteiger partial charge in [-0.25, -0.2) is 4.98 Å². The molecule has 0 saturated heterocycles. The molecule has 9 aromatic rings. The average molecular weight is 1020 g/mol. The number of benzene rings is 7. The van der Waals surface area contributed by atoms with E-state index < -0.39 is 78.2 Å². The van der Waals surface area contributed by atoms with Gasteiger partial charge in [0.1, 0.15) is 11.6 Å². The van der Waals surface area contributed by atoms with Crippen LogP contribution in [0.2, 0.25) is 0 Å². The van der Waals surface area contributed by atoms with Gasteiger partial charge in [-0.05, 0) is 99.9 Å². The molecule has 0 aliphatic rings. The molecule has 0 saturated carbocycles. The Morgan fingerprint density at radius 2 is 1.29 bits per heavy atom. The van der Waals surface area contributed by atoms with Gasteiger partial charge in [-0.2, -0.15) is 0 Å². The van der Waals surface area contributed by atoms with Gasteiger partial charge in [-0.1, -0.05) is 167 Å². The van der Waals surface area contributed by atoms with Crippen molar-refractivity contribution in [3.8, 4) is 78.6 Å². The number of hydrogen-bond donors (Lipinski definition) is 1. The van der Waals surface area contributed by atoms with E-state index in [4.69, 9.17) is 21.4 Å². The largest absolute Gasteiger partial charge is 0.507 e. The summed E-state index contributed by atoms with van der Waals surface area (Å²) in [6, 6.07) is 36.1. The van der Waals surface area contributed by atoms with Crippen LogP contribution in [0.1, 0.15) is 81.6 Å². The number of hydrogen-bond acceptors (Lipinski definition) is 3. The minimum Gasteiger partial charge on any atom is -0.507 e. The maximum atomic E-state index is 11.6. The second kappa shape index (κ2) is 17.1. The molecule has 0 fully saturated rings. The number of imidazole rings is 1. The SMILES string of the molecule is [2H]c1nc(-c2[c-]c(-c3cccc4c3nc(-c3ccccc3O)n4-c3cc(-c4ccccc4)c(C([2H])([2H])[2H])cc3-c3ccc(C(C)(C)C)cc3)cc(C(C)(C)C)c2)c([2H])c(-c2c([2H])c([2H])c(C([2H])([2H])[2H])c([2H])c2[2H])c1[2H].[Pt]. The fourth-order valence-corrected chi connectivity index (χ4v) is 7.70. The predicted octanol–water partition coefficient (Wildman–Crippen LogP) is 15.1. The Labute approximate surface area is 404 Å². The van der Waals surface area contributed by atoms with E-state index in [-0.39, 0.29) is 49.1 Å². The van der Waals surface area contributed by atoms with E-state index in [9.17, 15) is 6.48 Å². The van der Waals surface area contributed by atoms with Gasteiger partial charge in [-0.3, -0.25) is 9.55 Å². The molecular weight excluding hydrogens is 950 g/mol. The van der Waals surface area contributed by atoms with Crippen molar-refractivity contribution >= 4 is 11.0 Å². The van der Waals surface area contributed by atoms with E-state index in [1.807, 2.05) is 110 Å². The first-order valence-corrected chi connectivity index (χ1v) is 20.4. The first-order valence-electron chi connectivity index (χ1n) is 26.9. The fraction of sp³-hybridized carbons (Fsp3) is 0.172. The van der Waals surface area contributed by atoms with Gasteiger partial charge in [0, 0.05) is 46.7 Å². The molecule has 0 aliphatic carbocycles. The van der Waals surface area contributed by atoms with Gasteiger partial charge < -0.3 is 5.11 Å². The van der Waals surface area contributed by atoms with Crippen molar-refractivity contribution in [2.75, 3.05) is 0 Å². The van der Waals surface area contributed by atoms with Crippen LogP contribution in [0.15, 0.2) is 164 Å². The van der Waals surface area contributed by atoms with Crippen LogP contribution in [0.25, 0.3) is 83.9 Å². The van der Waals surface area contributed by atoms with E-state index >= 15 is 0 Å². The van der Waals surface area contributed by atoms with Gasteiger partial charge in [-0.15, -0.1) is 29.3 Å². The standard InChI is InChI=1S/C58H52N3O.Pt/c1-37-21-23-39(24-22-37)42-29-30-59-51(35-42)44-32-43(33-46(34-44)58(6,7)8)47-18-14-19-52-55(47)60-56(48-17-12-13-20-54(48)62)61(52)53-36-49(40-15-10-9-11-16-40)38(2)31-50(53)41-25-27-45(28-26-41)57(3,4)5;/h9-31,33-36,62H,1-8H3;/q-1;/i1D3,2D3,21D,22D,23D,24D,29D,30D,35D;. The molecule has 0 bridgehead atoms. The van der Waals surface area contributed by atoms with Crippen LogP contribution in [0, 0.1) is 19.8 Å². The molecule has 7 aromatic carbocycles. The van der Waals surface area contributed by atoms with Crippen molar-refractivity contribution in [1.29, 1.82) is 0 Å². The molecule has 0 unspecified atom stereocenters. The normalized spacial score (nSPS) is 15.1. The summed E-state index contributed by atoms with van der Waals surface area (Å²) < 4.78 is 114. The molecule has 0 spiro atoms. The molecule has 4 nitrogen and oxygen atoms in total. The van der Waals surface area contributed by atoms with Crippen LogP contribution < -0.4 is 0 Å². The molecular formula is C58H52N3OPt-. The molecule has 0 radical (unpaired) electrons. The predicted molar refractivity (Wildman–Crippen MR) is 259 cm³/mol. The molecule has 63 heavy (non-hydrogen) atoms. The topological polar surface area (TPSA) is 50.9 Å². The fourth-order valence-electron chi connectivity index (χ4n) is 7.70. The monoisotopic (exact) mass is 1010 g/mol. The van der Waals surface area contributed by atoms with E-state index in [1.54, 1.807) is 36.4 Å². The Bertz CT molecular complexity index is 3710. The van der Waals surface area contributed by atoms with E-state index in [2.05, 4.69) is 31.8 Å². The van der Waals surface area contributed by atoms with Crippen LogP contribution in [0.3, 0.4) is 0 Å². The van der Waals surface area contributed by atoms with Crippen LogP contribution >= 0.6 is 0 Å². The van der Waals surface area contributed by atoms with Crippen LogP contribution in [-0.4, -0.2) is 19.6 Å². The second-order valence-corrected chi connectivity index (χ2v) is 17.5. The van der Waals surface area contributed by atoms with Gasteiger partial charge in [0.25, 0.3) is 0 Å². The Hall–Kier alpha value is -6.35. The van der Waals surface area contributed by atoms with Crippen LogP contribution in [0.5, 0.6) is 5.75 Å². The molecule has 2 heterocycles. The van der Waals surface area contributed by atoms with Crippen LogP contribution in [0.4, 0.5) is 0 Å². The number of phenolic OH excluding ortho intramolecular Hbond substituents is 1. The Morgan fingerprint density at radius 1 is 0.603 bits per heavy atom. The van der Waals surface area contributed by atoms with E-state index in [0.29, 0.717) is 55.9 Å². The summed E-state index contributed by atoms with van der Waals surface area (Å²) in [5.41, 5.74) is 5.11. The zero-order chi connectivity index (χ0) is 54.4. The van der Waals surface area contributed by atoms with Gasteiger partial charge in [0.2, 0.25) is 0 Å². The van der Waals surface area contributed by atoms with Crippen molar-refractivity contribution in [1.82, 2.24) is 14.5 Å². The maximum absolute atomic E-state index is 11.6. The number of para-hydroxylation sites is 2. The summed E-state index contributed by atoms with van der Waals surface area (Å²) in [6.45, 7) is 6.81. The van der Waals surface area contributed by atoms with Gasteiger partial charge >= 0.3 is 0 Å². The maximum Gasteiger partial charge on any atom is 0.148 e. The minimum absolute atomic E-state index is 0. The number of aromatic nitrogens is 3. The quantitative estimate of drug-likeness (QED) is 0.162. The third-order valence-corrected chi connectivity index (χ3v) is 11.1. The number of fused-ring (bicyclic) bond motifs is 1. The number of rotatable bonds is 7. The molecule has 0 amide bonds. The number of aromatic hydroxyl groups is 1. The van der Waals surface area contributed by atoms with Gasteiger partial charge in [0.05, 0.1) is 31.9 Å². The third-order valence-electron chi connectivity index (χ3n) is 11.1. The van der Waals surface area contributed by atoms with Crippen molar-refractivity contribution < 1.29 is 44.0 Å². The third kappa shape index (κ3) is 8.58. The molecule has 316 valence electrons. The molecule has 1 N–H and O–H groups in total. The molecule has 5 heteroatoms. The number of nitrogens with zero attached hydrogens (tertiary/aromatic N) is 3. The smallest absolute Gasteiger partial charge is 0.148 e. The van der Waals surface area contributed by atoms with Crippen molar-refractivity contribution in [3.05, 3.63) is 192 Å². The minimum atomic E-state index is -2.99. The van der Waals surface area contributed by atoms with Crippen molar-refractivity contribution in [2.24, 2.45) is 0 Å². The number of pyridine rings is 1. The van der Waals surface area contributed by atoms with Crippen molar-refractivity contribution in [2.45, 2.75) is 66.1 Å². The summed E-state index contributed by atoms with van der Waals surface area (Å²) in [4.78, 5) is 9.75.